The molecule has 2 amide bonds. The second kappa shape index (κ2) is 4.91. The molecule has 1 atom stereocenters. The maximum Gasteiger partial charge on any atom is 0.320 e. The van der Waals surface area contributed by atoms with Gasteiger partial charge in [-0.2, -0.15) is 0 Å². The van der Waals surface area contributed by atoms with E-state index in [-0.39, 0.29) is 24.4 Å². The van der Waals surface area contributed by atoms with Crippen LogP contribution in [0.1, 0.15) is 19.3 Å². The highest BCUT2D eigenvalue weighted by Gasteiger charge is 2.35. The zero-order chi connectivity index (χ0) is 12.4. The van der Waals surface area contributed by atoms with E-state index in [1.54, 1.807) is 9.80 Å². The molecule has 0 aliphatic carbocycles. The Morgan fingerprint density at radius 3 is 2.53 bits per heavy atom. The Bertz CT molecular complexity index is 315. The van der Waals surface area contributed by atoms with E-state index in [0.717, 1.165) is 19.4 Å². The minimum atomic E-state index is -0.790. The Kier molecular flexibility index (Phi) is 3.51. The van der Waals surface area contributed by atoms with Crippen molar-refractivity contribution in [3.63, 3.8) is 0 Å². The van der Waals surface area contributed by atoms with Gasteiger partial charge in [0.15, 0.2) is 0 Å². The number of carbonyl (C=O) groups excluding carboxylic acids is 1. The van der Waals surface area contributed by atoms with E-state index in [0.29, 0.717) is 19.6 Å². The first-order chi connectivity index (χ1) is 8.06. The second-order valence-electron chi connectivity index (χ2n) is 5.00. The highest BCUT2D eigenvalue weighted by molar-refractivity contribution is 5.76. The van der Waals surface area contributed by atoms with Crippen LogP contribution in [0.3, 0.4) is 0 Å². The Hall–Kier alpha value is -1.30. The van der Waals surface area contributed by atoms with Crippen molar-refractivity contribution in [2.24, 2.45) is 11.7 Å². The van der Waals surface area contributed by atoms with Crippen LogP contribution < -0.4 is 5.73 Å². The van der Waals surface area contributed by atoms with Gasteiger partial charge in [0.2, 0.25) is 0 Å². The molecule has 1 unspecified atom stereocenters. The first kappa shape index (κ1) is 12.2. The van der Waals surface area contributed by atoms with Crippen LogP contribution in [0.5, 0.6) is 0 Å². The molecule has 0 aromatic rings. The highest BCUT2D eigenvalue weighted by atomic mass is 16.4. The quantitative estimate of drug-likeness (QED) is 0.709. The van der Waals surface area contributed by atoms with Crippen LogP contribution >= 0.6 is 0 Å². The SMILES string of the molecule is NC1CCCN(C(=O)N2CC(CC(=O)O)C2)C1. The fourth-order valence-corrected chi connectivity index (χ4v) is 2.49. The number of piperidine rings is 1. The minimum Gasteiger partial charge on any atom is -0.481 e. The van der Waals surface area contributed by atoms with Crippen LogP contribution in [-0.4, -0.2) is 59.1 Å². The number of rotatable bonds is 2. The third kappa shape index (κ3) is 2.88. The van der Waals surface area contributed by atoms with Crippen molar-refractivity contribution in [2.75, 3.05) is 26.2 Å². The third-order valence-electron chi connectivity index (χ3n) is 3.42. The molecule has 0 bridgehead atoms. The fourth-order valence-electron chi connectivity index (χ4n) is 2.49. The number of urea groups is 1. The summed E-state index contributed by atoms with van der Waals surface area (Å²) in [7, 11) is 0. The van der Waals surface area contributed by atoms with E-state index in [1.807, 2.05) is 0 Å². The van der Waals surface area contributed by atoms with Crippen molar-refractivity contribution in [3.8, 4) is 0 Å². The number of nitrogens with zero attached hydrogens (tertiary/aromatic N) is 2. The lowest BCUT2D eigenvalue weighted by molar-refractivity contribution is -0.139. The molecular formula is C11H19N3O3. The lowest BCUT2D eigenvalue weighted by Crippen LogP contribution is -2.58. The summed E-state index contributed by atoms with van der Waals surface area (Å²) in [6, 6.07) is 0.102. The van der Waals surface area contributed by atoms with Gasteiger partial charge >= 0.3 is 12.0 Å². The van der Waals surface area contributed by atoms with Gasteiger partial charge in [-0.15, -0.1) is 0 Å². The number of nitrogens with two attached hydrogens (primary N) is 1. The molecule has 6 nitrogen and oxygen atoms in total. The highest BCUT2D eigenvalue weighted by Crippen LogP contribution is 2.21. The summed E-state index contributed by atoms with van der Waals surface area (Å²) < 4.78 is 0. The third-order valence-corrected chi connectivity index (χ3v) is 3.42. The molecule has 2 rings (SSSR count). The summed E-state index contributed by atoms with van der Waals surface area (Å²) in [4.78, 5) is 26.0. The molecule has 0 saturated carbocycles. The Morgan fingerprint density at radius 2 is 1.94 bits per heavy atom. The maximum absolute atomic E-state index is 12.0. The van der Waals surface area contributed by atoms with Crippen LogP contribution in [0.4, 0.5) is 4.79 Å². The molecule has 2 fully saturated rings. The van der Waals surface area contributed by atoms with E-state index in [9.17, 15) is 9.59 Å². The van der Waals surface area contributed by atoms with Crippen molar-refractivity contribution in [1.82, 2.24) is 9.80 Å². The molecule has 2 saturated heterocycles. The van der Waals surface area contributed by atoms with Gasteiger partial charge in [-0.1, -0.05) is 0 Å². The predicted octanol–water partition coefficient (Wildman–Crippen LogP) is -0.0640. The molecule has 0 aromatic carbocycles. The monoisotopic (exact) mass is 241 g/mol. The van der Waals surface area contributed by atoms with Crippen LogP contribution in [0.25, 0.3) is 0 Å². The number of carbonyl (C=O) groups is 2. The summed E-state index contributed by atoms with van der Waals surface area (Å²) in [5.41, 5.74) is 5.83. The van der Waals surface area contributed by atoms with Crippen LogP contribution in [0.15, 0.2) is 0 Å². The number of carboxylic acids is 1. The first-order valence-corrected chi connectivity index (χ1v) is 6.07. The number of hydrogen-bond donors (Lipinski definition) is 2. The Labute approximate surface area is 100 Å². The van der Waals surface area contributed by atoms with E-state index in [4.69, 9.17) is 10.8 Å². The summed E-state index contributed by atoms with van der Waals surface area (Å²) in [5.74, 6) is -0.669. The lowest BCUT2D eigenvalue weighted by Gasteiger charge is -2.43. The van der Waals surface area contributed by atoms with Gasteiger partial charge < -0.3 is 20.6 Å². The zero-order valence-corrected chi connectivity index (χ0v) is 9.84. The largest absolute Gasteiger partial charge is 0.481 e. The molecule has 2 aliphatic heterocycles. The molecule has 6 heteroatoms. The Balaban J connectivity index is 1.76. The van der Waals surface area contributed by atoms with E-state index >= 15 is 0 Å². The van der Waals surface area contributed by atoms with Crippen molar-refractivity contribution in [2.45, 2.75) is 25.3 Å². The molecule has 0 aromatic heterocycles. The molecule has 17 heavy (non-hydrogen) atoms. The molecule has 96 valence electrons. The maximum atomic E-state index is 12.0. The summed E-state index contributed by atoms with van der Waals surface area (Å²) in [5, 5.41) is 8.63. The fraction of sp³-hybridized carbons (Fsp3) is 0.818. The molecule has 2 heterocycles. The summed E-state index contributed by atoms with van der Waals surface area (Å²) >= 11 is 0. The van der Waals surface area contributed by atoms with Gasteiger partial charge in [0.1, 0.15) is 0 Å². The first-order valence-electron chi connectivity index (χ1n) is 6.07. The van der Waals surface area contributed by atoms with E-state index in [2.05, 4.69) is 0 Å². The number of amides is 2. The van der Waals surface area contributed by atoms with Gasteiger partial charge in [0.05, 0.1) is 6.42 Å². The topological polar surface area (TPSA) is 86.9 Å². The van der Waals surface area contributed by atoms with Crippen LogP contribution in [-0.2, 0) is 4.79 Å². The molecular weight excluding hydrogens is 222 g/mol. The number of likely N-dealkylation sites (tertiary alicyclic amines) is 2. The van der Waals surface area contributed by atoms with Crippen LogP contribution in [0.2, 0.25) is 0 Å². The summed E-state index contributed by atoms with van der Waals surface area (Å²) in [6.07, 6.45) is 2.09. The Morgan fingerprint density at radius 1 is 1.24 bits per heavy atom. The van der Waals surface area contributed by atoms with Crippen molar-refractivity contribution in [3.05, 3.63) is 0 Å². The smallest absolute Gasteiger partial charge is 0.320 e. The van der Waals surface area contributed by atoms with Gasteiger partial charge in [0.25, 0.3) is 0 Å². The van der Waals surface area contributed by atoms with E-state index < -0.39 is 5.97 Å². The lowest BCUT2D eigenvalue weighted by atomic mass is 9.96. The summed E-state index contributed by atoms with van der Waals surface area (Å²) in [6.45, 7) is 2.53. The van der Waals surface area contributed by atoms with Crippen LogP contribution in [0, 0.1) is 5.92 Å². The number of hydrogen-bond acceptors (Lipinski definition) is 3. The molecule has 0 spiro atoms. The number of carboxylic acid groups (broad SMARTS) is 1. The number of aliphatic carboxylic acids is 1. The van der Waals surface area contributed by atoms with E-state index in [1.165, 1.54) is 0 Å². The van der Waals surface area contributed by atoms with Gasteiger partial charge in [-0.3, -0.25) is 4.79 Å². The standard InChI is InChI=1S/C11H19N3O3/c12-9-2-1-3-13(7-9)11(17)14-5-8(6-14)4-10(15)16/h8-9H,1-7,12H2,(H,15,16). The van der Waals surface area contributed by atoms with Gasteiger partial charge in [0, 0.05) is 38.1 Å². The average Bonchev–Trinajstić information content (AvgIpc) is 2.21. The van der Waals surface area contributed by atoms with Crippen molar-refractivity contribution < 1.29 is 14.7 Å². The van der Waals surface area contributed by atoms with Gasteiger partial charge in [-0.05, 0) is 12.8 Å². The zero-order valence-electron chi connectivity index (χ0n) is 9.84. The van der Waals surface area contributed by atoms with Crippen molar-refractivity contribution >= 4 is 12.0 Å². The molecule has 0 radical (unpaired) electrons. The second-order valence-corrected chi connectivity index (χ2v) is 5.00. The van der Waals surface area contributed by atoms with Crippen molar-refractivity contribution in [1.29, 1.82) is 0 Å². The van der Waals surface area contributed by atoms with Gasteiger partial charge in [-0.25, -0.2) is 4.79 Å². The molecule has 3 N–H and O–H groups in total. The minimum absolute atomic E-state index is 0.0155. The normalized spacial score (nSPS) is 25.6. The predicted molar refractivity (Wildman–Crippen MR) is 61.5 cm³/mol. The molecule has 2 aliphatic rings. The average molecular weight is 241 g/mol.